The molecule has 0 bridgehead atoms. The molecular formula is C16H13ClN2O2S. The van der Waals surface area contributed by atoms with Crippen molar-refractivity contribution in [2.24, 2.45) is 0 Å². The Hall–Kier alpha value is -2.24. The first-order valence-electron chi connectivity index (χ1n) is 6.45. The van der Waals surface area contributed by atoms with E-state index in [1.165, 1.54) is 6.92 Å². The smallest absolute Gasteiger partial charge is 0.258 e. The summed E-state index contributed by atoms with van der Waals surface area (Å²) in [6, 6.07) is 13.5. The van der Waals surface area contributed by atoms with Crippen molar-refractivity contribution < 1.29 is 9.59 Å². The molecule has 0 aliphatic rings. The fourth-order valence-corrected chi connectivity index (χ4v) is 2.20. The molecule has 0 unspecified atom stereocenters. The average molecular weight is 333 g/mol. The van der Waals surface area contributed by atoms with E-state index in [1.54, 1.807) is 48.5 Å². The minimum absolute atomic E-state index is 0.0128. The SMILES string of the molecule is CC(=O)c1ccc(NC(=S)NC(=O)c2ccccc2Cl)cc1. The maximum Gasteiger partial charge on any atom is 0.258 e. The van der Waals surface area contributed by atoms with Crippen LogP contribution in [0.2, 0.25) is 5.02 Å². The maximum absolute atomic E-state index is 12.0. The Kier molecular flexibility index (Phi) is 5.25. The highest BCUT2D eigenvalue weighted by Gasteiger charge is 2.11. The third-order valence-electron chi connectivity index (χ3n) is 2.89. The minimum atomic E-state index is -0.386. The molecule has 1 amide bonds. The third kappa shape index (κ3) is 4.13. The Morgan fingerprint density at radius 2 is 1.68 bits per heavy atom. The summed E-state index contributed by atoms with van der Waals surface area (Å²) in [7, 11) is 0. The Bertz CT molecular complexity index is 729. The van der Waals surface area contributed by atoms with Crippen LogP contribution in [0.15, 0.2) is 48.5 Å². The number of hydrogen-bond acceptors (Lipinski definition) is 3. The molecule has 4 nitrogen and oxygen atoms in total. The zero-order valence-corrected chi connectivity index (χ0v) is 13.3. The number of benzene rings is 2. The highest BCUT2D eigenvalue weighted by atomic mass is 35.5. The molecule has 0 spiro atoms. The number of carbonyl (C=O) groups is 2. The van der Waals surface area contributed by atoms with Gasteiger partial charge in [0.1, 0.15) is 0 Å². The lowest BCUT2D eigenvalue weighted by Gasteiger charge is -2.10. The molecule has 0 saturated carbocycles. The van der Waals surface area contributed by atoms with Crippen molar-refractivity contribution in [1.29, 1.82) is 0 Å². The largest absolute Gasteiger partial charge is 0.332 e. The second-order valence-electron chi connectivity index (χ2n) is 4.52. The number of anilines is 1. The number of rotatable bonds is 3. The van der Waals surface area contributed by atoms with Crippen LogP contribution in [-0.4, -0.2) is 16.8 Å². The number of thiocarbonyl (C=S) groups is 1. The van der Waals surface area contributed by atoms with E-state index in [4.69, 9.17) is 23.8 Å². The van der Waals surface area contributed by atoms with Crippen LogP contribution < -0.4 is 10.6 Å². The Morgan fingerprint density at radius 3 is 2.27 bits per heavy atom. The van der Waals surface area contributed by atoms with Gasteiger partial charge in [-0.05, 0) is 55.5 Å². The summed E-state index contributed by atoms with van der Waals surface area (Å²) in [5, 5.41) is 5.93. The average Bonchev–Trinajstić information content (AvgIpc) is 2.48. The van der Waals surface area contributed by atoms with Crippen LogP contribution in [0.1, 0.15) is 27.6 Å². The van der Waals surface area contributed by atoms with Crippen LogP contribution >= 0.6 is 23.8 Å². The molecule has 0 fully saturated rings. The predicted octanol–water partition coefficient (Wildman–Crippen LogP) is 3.67. The highest BCUT2D eigenvalue weighted by Crippen LogP contribution is 2.15. The van der Waals surface area contributed by atoms with Crippen molar-refractivity contribution in [1.82, 2.24) is 5.32 Å². The summed E-state index contributed by atoms with van der Waals surface area (Å²) in [5.74, 6) is -0.399. The second kappa shape index (κ2) is 7.15. The van der Waals surface area contributed by atoms with Gasteiger partial charge in [-0.25, -0.2) is 0 Å². The summed E-state index contributed by atoms with van der Waals surface area (Å²) in [6.45, 7) is 1.50. The molecule has 2 aromatic rings. The van der Waals surface area contributed by atoms with Crippen LogP contribution in [-0.2, 0) is 0 Å². The quantitative estimate of drug-likeness (QED) is 0.665. The second-order valence-corrected chi connectivity index (χ2v) is 5.34. The van der Waals surface area contributed by atoms with Gasteiger partial charge in [0, 0.05) is 11.3 Å². The number of halogens is 1. The molecule has 6 heteroatoms. The van der Waals surface area contributed by atoms with Crippen molar-refractivity contribution in [3.63, 3.8) is 0 Å². The molecule has 2 rings (SSSR count). The minimum Gasteiger partial charge on any atom is -0.332 e. The predicted molar refractivity (Wildman–Crippen MR) is 91.6 cm³/mol. The summed E-state index contributed by atoms with van der Waals surface area (Å²) in [5.41, 5.74) is 1.63. The lowest BCUT2D eigenvalue weighted by molar-refractivity contribution is 0.0976. The topological polar surface area (TPSA) is 58.2 Å². The van der Waals surface area contributed by atoms with Gasteiger partial charge >= 0.3 is 0 Å². The molecule has 2 N–H and O–H groups in total. The Labute approximate surface area is 138 Å². The Morgan fingerprint density at radius 1 is 1.05 bits per heavy atom. The van der Waals surface area contributed by atoms with Crippen LogP contribution in [0.4, 0.5) is 5.69 Å². The molecule has 0 radical (unpaired) electrons. The fraction of sp³-hybridized carbons (Fsp3) is 0.0625. The number of amides is 1. The molecule has 0 heterocycles. The van der Waals surface area contributed by atoms with Crippen LogP contribution in [0.25, 0.3) is 0 Å². The molecule has 112 valence electrons. The van der Waals surface area contributed by atoms with Crippen molar-refractivity contribution in [2.45, 2.75) is 6.92 Å². The zero-order valence-electron chi connectivity index (χ0n) is 11.7. The van der Waals surface area contributed by atoms with E-state index in [2.05, 4.69) is 10.6 Å². The van der Waals surface area contributed by atoms with E-state index < -0.39 is 0 Å². The number of Topliss-reactive ketones (excluding diaryl/α,β-unsaturated/α-hetero) is 1. The van der Waals surface area contributed by atoms with Gasteiger partial charge in [0.2, 0.25) is 0 Å². The lowest BCUT2D eigenvalue weighted by atomic mass is 10.1. The van der Waals surface area contributed by atoms with E-state index in [-0.39, 0.29) is 16.8 Å². The molecule has 0 aromatic heterocycles. The van der Waals surface area contributed by atoms with Gasteiger partial charge in [0.15, 0.2) is 10.9 Å². The van der Waals surface area contributed by atoms with Crippen molar-refractivity contribution >= 4 is 46.3 Å². The molecule has 2 aromatic carbocycles. The van der Waals surface area contributed by atoms with Crippen molar-refractivity contribution in [3.05, 3.63) is 64.7 Å². The lowest BCUT2D eigenvalue weighted by Crippen LogP contribution is -2.34. The third-order valence-corrected chi connectivity index (χ3v) is 3.43. The van der Waals surface area contributed by atoms with Gasteiger partial charge in [0.05, 0.1) is 10.6 Å². The molecule has 0 atom stereocenters. The van der Waals surface area contributed by atoms with Crippen LogP contribution in [0, 0.1) is 0 Å². The van der Waals surface area contributed by atoms with Gasteiger partial charge in [-0.3, -0.25) is 14.9 Å². The molecule has 22 heavy (non-hydrogen) atoms. The first-order valence-corrected chi connectivity index (χ1v) is 7.24. The molecule has 0 aliphatic carbocycles. The van der Waals surface area contributed by atoms with Crippen molar-refractivity contribution in [3.8, 4) is 0 Å². The van der Waals surface area contributed by atoms with Gasteiger partial charge in [0.25, 0.3) is 5.91 Å². The molecular weight excluding hydrogens is 320 g/mol. The number of nitrogens with one attached hydrogen (secondary N) is 2. The van der Waals surface area contributed by atoms with E-state index >= 15 is 0 Å². The number of carbonyl (C=O) groups excluding carboxylic acids is 2. The normalized spacial score (nSPS) is 9.91. The summed E-state index contributed by atoms with van der Waals surface area (Å²) < 4.78 is 0. The standard InChI is InChI=1S/C16H13ClN2O2S/c1-10(20)11-6-8-12(9-7-11)18-16(22)19-15(21)13-4-2-3-5-14(13)17/h2-9H,1H3,(H2,18,19,21,22). The van der Waals surface area contributed by atoms with Crippen LogP contribution in [0.5, 0.6) is 0 Å². The summed E-state index contributed by atoms with van der Waals surface area (Å²) >= 11 is 11.0. The van der Waals surface area contributed by atoms with E-state index in [0.29, 0.717) is 21.8 Å². The molecule has 0 aliphatic heterocycles. The van der Waals surface area contributed by atoms with Gasteiger partial charge < -0.3 is 5.32 Å². The Balaban J connectivity index is 1.99. The van der Waals surface area contributed by atoms with Gasteiger partial charge in [-0.2, -0.15) is 0 Å². The first-order chi connectivity index (χ1) is 10.5. The fourth-order valence-electron chi connectivity index (χ4n) is 1.77. The van der Waals surface area contributed by atoms with E-state index in [0.717, 1.165) is 0 Å². The number of ketones is 1. The first kappa shape index (κ1) is 16.1. The van der Waals surface area contributed by atoms with E-state index in [1.807, 2.05) is 0 Å². The zero-order chi connectivity index (χ0) is 16.1. The summed E-state index contributed by atoms with van der Waals surface area (Å²) in [4.78, 5) is 23.2. The number of hydrogen-bond donors (Lipinski definition) is 2. The van der Waals surface area contributed by atoms with E-state index in [9.17, 15) is 9.59 Å². The monoisotopic (exact) mass is 332 g/mol. The summed E-state index contributed by atoms with van der Waals surface area (Å²) in [6.07, 6.45) is 0. The maximum atomic E-state index is 12.0. The van der Waals surface area contributed by atoms with Crippen molar-refractivity contribution in [2.75, 3.05) is 5.32 Å². The molecule has 0 saturated heterocycles. The van der Waals surface area contributed by atoms with Crippen LogP contribution in [0.3, 0.4) is 0 Å². The highest BCUT2D eigenvalue weighted by molar-refractivity contribution is 7.80. The van der Waals surface area contributed by atoms with Gasteiger partial charge in [-0.15, -0.1) is 0 Å². The van der Waals surface area contributed by atoms with Gasteiger partial charge in [-0.1, -0.05) is 23.7 Å².